The average Bonchev–Trinajstić information content (AvgIpc) is 1.87. The van der Waals surface area contributed by atoms with Crippen LogP contribution in [0.4, 0.5) is 0 Å². The van der Waals surface area contributed by atoms with Crippen molar-refractivity contribution in [2.75, 3.05) is 18.0 Å². The summed E-state index contributed by atoms with van der Waals surface area (Å²) in [4.78, 5) is 0. The summed E-state index contributed by atoms with van der Waals surface area (Å²) in [6.07, 6.45) is 0.852. The van der Waals surface area contributed by atoms with Crippen LogP contribution in [0.25, 0.3) is 0 Å². The summed E-state index contributed by atoms with van der Waals surface area (Å²) in [7, 11) is 3.00. The molecular weight excluding hydrogens is 138 g/mol. The van der Waals surface area contributed by atoms with E-state index in [1.165, 1.54) is 21.6 Å². The van der Waals surface area contributed by atoms with Gasteiger partial charge in [-0.25, -0.2) is 0 Å². The highest BCUT2D eigenvalue weighted by Crippen LogP contribution is 2.20. The molecule has 0 aromatic carbocycles. The topological polar surface area (TPSA) is 26.0 Å². The molecule has 0 fully saturated rings. The fraction of sp³-hybridized carbons (Fsp3) is 1.00. The molecule has 0 aliphatic rings. The van der Waals surface area contributed by atoms with Crippen molar-refractivity contribution in [3.05, 3.63) is 0 Å². The molecule has 3 heteroatoms. The third kappa shape index (κ3) is 6.66. The van der Waals surface area contributed by atoms with E-state index >= 15 is 0 Å². The Hall–Kier alpha value is 0.660. The van der Waals surface area contributed by atoms with Crippen LogP contribution in [0.2, 0.25) is 0 Å². The number of rotatable bonds is 5. The molecule has 1 nitrogen and oxygen atoms in total. The first-order valence-electron chi connectivity index (χ1n) is 3.70. The van der Waals surface area contributed by atoms with Gasteiger partial charge in [0.2, 0.25) is 0 Å². The standard InChI is InChI=1S/C5H13NS2/c1-2-4-7-8-5-3-6/h2-6H2,1H3/i3D,4D. The van der Waals surface area contributed by atoms with Crippen LogP contribution < -0.4 is 5.73 Å². The normalized spacial score (nSPS) is 21.2. The smallest absolute Gasteiger partial charge is 0.0434 e. The van der Waals surface area contributed by atoms with Crippen molar-refractivity contribution in [1.29, 1.82) is 0 Å². The molecule has 50 valence electrons. The first-order chi connectivity index (χ1) is 4.66. The molecule has 8 heavy (non-hydrogen) atoms. The minimum atomic E-state index is -0.499. The Bertz CT molecular complexity index is 82.0. The third-order valence-corrected chi connectivity index (χ3v) is 2.63. The quantitative estimate of drug-likeness (QED) is 0.609. The van der Waals surface area contributed by atoms with Crippen LogP contribution in [0.5, 0.6) is 0 Å². The molecule has 0 saturated carbocycles. The van der Waals surface area contributed by atoms with E-state index < -0.39 is 6.52 Å². The van der Waals surface area contributed by atoms with Gasteiger partial charge in [0.25, 0.3) is 0 Å². The second-order valence-corrected chi connectivity index (χ2v) is 3.57. The minimum Gasteiger partial charge on any atom is -0.330 e. The van der Waals surface area contributed by atoms with E-state index in [0.717, 1.165) is 6.42 Å². The Balaban J connectivity index is 3.03. The summed E-state index contributed by atoms with van der Waals surface area (Å²) in [5.41, 5.74) is 5.13. The second-order valence-electron chi connectivity index (χ2n) is 1.19. The third-order valence-electron chi connectivity index (χ3n) is 0.467. The van der Waals surface area contributed by atoms with Crippen LogP contribution in [0.1, 0.15) is 16.1 Å². The molecule has 0 aromatic rings. The molecular formula is C5H13NS2. The van der Waals surface area contributed by atoms with Crippen LogP contribution in [0.3, 0.4) is 0 Å². The highest BCUT2D eigenvalue weighted by Gasteiger charge is 1.83. The molecule has 2 N–H and O–H groups in total. The lowest BCUT2D eigenvalue weighted by molar-refractivity contribution is 1.11. The van der Waals surface area contributed by atoms with E-state index in [9.17, 15) is 0 Å². The molecule has 0 rings (SSSR count). The summed E-state index contributed by atoms with van der Waals surface area (Å²) in [6, 6.07) is 0. The van der Waals surface area contributed by atoms with Gasteiger partial charge in [-0.3, -0.25) is 0 Å². The van der Waals surface area contributed by atoms with Gasteiger partial charge in [-0.15, -0.1) is 0 Å². The molecule has 2 atom stereocenters. The van der Waals surface area contributed by atoms with Gasteiger partial charge < -0.3 is 5.73 Å². The van der Waals surface area contributed by atoms with E-state index in [0.29, 0.717) is 5.75 Å². The van der Waals surface area contributed by atoms with Crippen LogP contribution in [0.15, 0.2) is 0 Å². The van der Waals surface area contributed by atoms with E-state index in [1.807, 2.05) is 6.92 Å². The molecule has 0 spiro atoms. The minimum absolute atomic E-state index is 0.0660. The predicted octanol–water partition coefficient (Wildman–Crippen LogP) is 1.74. The number of nitrogens with two attached hydrogens (primary N) is 1. The maximum absolute atomic E-state index is 7.31. The van der Waals surface area contributed by atoms with Crippen LogP contribution >= 0.6 is 21.6 Å². The summed E-state index contributed by atoms with van der Waals surface area (Å²) in [5, 5.41) is 0. The first kappa shape index (κ1) is 5.45. The molecule has 0 saturated heterocycles. The lowest BCUT2D eigenvalue weighted by Crippen LogP contribution is -1.99. The van der Waals surface area contributed by atoms with Gasteiger partial charge in [-0.1, -0.05) is 28.5 Å². The molecule has 0 heterocycles. The molecule has 0 aliphatic heterocycles. The Morgan fingerprint density at radius 1 is 1.62 bits per heavy atom. The number of hydrogen-bond donors (Lipinski definition) is 1. The fourth-order valence-corrected chi connectivity index (χ4v) is 1.75. The lowest BCUT2D eigenvalue weighted by atomic mass is 10.6. The van der Waals surface area contributed by atoms with Gasteiger partial charge in [-0.2, -0.15) is 0 Å². The van der Waals surface area contributed by atoms with Crippen LogP contribution in [-0.2, 0) is 0 Å². The van der Waals surface area contributed by atoms with E-state index in [4.69, 9.17) is 8.48 Å². The summed E-state index contributed by atoms with van der Waals surface area (Å²) in [6.45, 7) is 1.48. The van der Waals surface area contributed by atoms with Crippen LogP contribution in [-0.4, -0.2) is 18.0 Å². The van der Waals surface area contributed by atoms with Gasteiger partial charge in [0.05, 0.1) is 0 Å². The molecule has 2 unspecified atom stereocenters. The van der Waals surface area contributed by atoms with Crippen molar-refractivity contribution in [1.82, 2.24) is 0 Å². The van der Waals surface area contributed by atoms with Gasteiger partial charge in [-0.05, 0) is 6.42 Å². The SMILES string of the molecule is [2H]C(N)CSSC([2H])CC. The summed E-state index contributed by atoms with van der Waals surface area (Å²) < 4.78 is 14.3. The molecule has 0 aromatic heterocycles. The zero-order valence-corrected chi connectivity index (χ0v) is 6.60. The number of hydrogen-bond acceptors (Lipinski definition) is 3. The van der Waals surface area contributed by atoms with Gasteiger partial charge in [0.1, 0.15) is 0 Å². The van der Waals surface area contributed by atoms with E-state index in [2.05, 4.69) is 0 Å². The first-order valence-corrected chi connectivity index (χ1v) is 4.93. The Morgan fingerprint density at radius 3 is 2.88 bits per heavy atom. The Kier molecular flexibility index (Phi) is 5.21. The highest BCUT2D eigenvalue weighted by molar-refractivity contribution is 8.76. The molecule has 0 amide bonds. The Morgan fingerprint density at radius 2 is 2.38 bits per heavy atom. The molecule has 0 aliphatic carbocycles. The van der Waals surface area contributed by atoms with Crippen molar-refractivity contribution in [3.63, 3.8) is 0 Å². The predicted molar refractivity (Wildman–Crippen MR) is 44.3 cm³/mol. The second kappa shape index (κ2) is 7.66. The lowest BCUT2D eigenvalue weighted by Gasteiger charge is -1.93. The van der Waals surface area contributed by atoms with Gasteiger partial charge in [0, 0.05) is 20.7 Å². The average molecular weight is 153 g/mol. The van der Waals surface area contributed by atoms with Gasteiger partial charge in [0.15, 0.2) is 0 Å². The highest BCUT2D eigenvalue weighted by atomic mass is 33.1. The maximum Gasteiger partial charge on any atom is 0.0434 e. The van der Waals surface area contributed by atoms with E-state index in [1.54, 1.807) is 0 Å². The summed E-state index contributed by atoms with van der Waals surface area (Å²) in [5.74, 6) is 0.611. The zero-order valence-electron chi connectivity index (χ0n) is 6.96. The van der Waals surface area contributed by atoms with Crippen molar-refractivity contribution in [3.8, 4) is 0 Å². The van der Waals surface area contributed by atoms with E-state index in [-0.39, 0.29) is 5.73 Å². The zero-order chi connectivity index (χ0) is 7.98. The van der Waals surface area contributed by atoms with Crippen LogP contribution in [0, 0.1) is 0 Å². The largest absolute Gasteiger partial charge is 0.330 e. The molecule has 0 radical (unpaired) electrons. The maximum atomic E-state index is 7.31. The van der Waals surface area contributed by atoms with Crippen molar-refractivity contribution in [2.24, 2.45) is 5.73 Å². The monoisotopic (exact) mass is 153 g/mol. The van der Waals surface area contributed by atoms with Crippen molar-refractivity contribution < 1.29 is 2.74 Å². The van der Waals surface area contributed by atoms with Crippen molar-refractivity contribution >= 4 is 21.6 Å². The Labute approximate surface area is 62.0 Å². The van der Waals surface area contributed by atoms with Gasteiger partial charge >= 0.3 is 0 Å². The summed E-state index contributed by atoms with van der Waals surface area (Å²) >= 11 is 0. The molecule has 0 bridgehead atoms. The fourth-order valence-electron chi connectivity index (χ4n) is 0.195. The van der Waals surface area contributed by atoms with Crippen molar-refractivity contribution in [2.45, 2.75) is 13.3 Å².